The molecule has 3 nitrogen and oxygen atoms in total. The lowest BCUT2D eigenvalue weighted by molar-refractivity contribution is 0.628. The summed E-state index contributed by atoms with van der Waals surface area (Å²) in [5, 5.41) is 12.3. The summed E-state index contributed by atoms with van der Waals surface area (Å²) in [6.07, 6.45) is 1.83. The van der Waals surface area contributed by atoms with Crippen LogP contribution in [-0.4, -0.2) is 4.57 Å². The van der Waals surface area contributed by atoms with Gasteiger partial charge in [-0.2, -0.15) is 5.26 Å². The van der Waals surface area contributed by atoms with Crippen LogP contribution in [0.5, 0.6) is 0 Å². The van der Waals surface area contributed by atoms with Gasteiger partial charge in [0.05, 0.1) is 15.7 Å². The molecule has 0 fully saturated rings. The van der Waals surface area contributed by atoms with E-state index in [9.17, 15) is 4.39 Å². The standard InChI is InChI=1S/C13H10Cl2FN3/c1-19-7-8(2-10(19)5-17)6-18-13-11(14)3-9(16)4-12(13)15/h2-4,7,18H,6H2,1H3. The number of halogens is 3. The maximum atomic E-state index is 13.0. The summed E-state index contributed by atoms with van der Waals surface area (Å²) in [7, 11) is 1.79. The fourth-order valence-corrected chi connectivity index (χ4v) is 2.34. The van der Waals surface area contributed by atoms with Crippen molar-refractivity contribution in [2.75, 3.05) is 5.32 Å². The molecule has 98 valence electrons. The van der Waals surface area contributed by atoms with Crippen molar-refractivity contribution in [3.63, 3.8) is 0 Å². The molecule has 0 aliphatic heterocycles. The van der Waals surface area contributed by atoms with Gasteiger partial charge in [-0.05, 0) is 23.8 Å². The minimum absolute atomic E-state index is 0.224. The maximum absolute atomic E-state index is 13.0. The Morgan fingerprint density at radius 1 is 1.32 bits per heavy atom. The van der Waals surface area contributed by atoms with Crippen LogP contribution in [0.4, 0.5) is 10.1 Å². The predicted molar refractivity (Wildman–Crippen MR) is 73.9 cm³/mol. The fraction of sp³-hybridized carbons (Fsp3) is 0.154. The molecule has 0 spiro atoms. The molecule has 1 heterocycles. The van der Waals surface area contributed by atoms with E-state index < -0.39 is 5.82 Å². The monoisotopic (exact) mass is 297 g/mol. The van der Waals surface area contributed by atoms with E-state index in [1.807, 2.05) is 6.20 Å². The molecular formula is C13H10Cl2FN3. The summed E-state index contributed by atoms with van der Waals surface area (Å²) >= 11 is 11.8. The molecule has 2 aromatic rings. The largest absolute Gasteiger partial charge is 0.378 e. The van der Waals surface area contributed by atoms with Crippen LogP contribution < -0.4 is 5.32 Å². The van der Waals surface area contributed by atoms with E-state index in [1.54, 1.807) is 17.7 Å². The van der Waals surface area contributed by atoms with Crippen LogP contribution in [0.15, 0.2) is 24.4 Å². The summed E-state index contributed by atoms with van der Waals surface area (Å²) in [6.45, 7) is 0.445. The predicted octanol–water partition coefficient (Wildman–Crippen LogP) is 3.95. The molecule has 0 amide bonds. The van der Waals surface area contributed by atoms with Gasteiger partial charge in [-0.3, -0.25) is 0 Å². The number of nitriles is 1. The molecular weight excluding hydrogens is 288 g/mol. The van der Waals surface area contributed by atoms with Crippen molar-refractivity contribution in [1.82, 2.24) is 4.57 Å². The van der Waals surface area contributed by atoms with E-state index in [0.29, 0.717) is 17.9 Å². The highest BCUT2D eigenvalue weighted by Gasteiger charge is 2.09. The van der Waals surface area contributed by atoms with E-state index >= 15 is 0 Å². The van der Waals surface area contributed by atoms with Gasteiger partial charge >= 0.3 is 0 Å². The Balaban J connectivity index is 2.17. The quantitative estimate of drug-likeness (QED) is 0.932. The number of benzene rings is 1. The first kappa shape index (κ1) is 13.7. The zero-order valence-electron chi connectivity index (χ0n) is 10.0. The molecule has 0 unspecified atom stereocenters. The first-order valence-corrected chi connectivity index (χ1v) is 6.20. The van der Waals surface area contributed by atoms with Gasteiger partial charge in [0.2, 0.25) is 0 Å². The smallest absolute Gasteiger partial charge is 0.126 e. The number of aryl methyl sites for hydroxylation is 1. The summed E-state index contributed by atoms with van der Waals surface area (Å²) in [4.78, 5) is 0. The summed E-state index contributed by atoms with van der Waals surface area (Å²) in [5.41, 5.74) is 1.95. The molecule has 0 aliphatic rings. The number of anilines is 1. The third-order valence-electron chi connectivity index (χ3n) is 2.65. The van der Waals surface area contributed by atoms with Gasteiger partial charge in [0.15, 0.2) is 0 Å². The number of rotatable bonds is 3. The van der Waals surface area contributed by atoms with Crippen molar-refractivity contribution in [2.45, 2.75) is 6.54 Å². The average molecular weight is 298 g/mol. The Bertz CT molecular complexity index is 635. The molecule has 1 aromatic heterocycles. The van der Waals surface area contributed by atoms with Crippen molar-refractivity contribution in [3.05, 3.63) is 51.5 Å². The molecule has 0 saturated heterocycles. The van der Waals surface area contributed by atoms with E-state index in [0.717, 1.165) is 5.56 Å². The molecule has 2 rings (SSSR count). The van der Waals surface area contributed by atoms with Crippen LogP contribution in [0.2, 0.25) is 10.0 Å². The molecule has 0 bridgehead atoms. The minimum atomic E-state index is -0.480. The number of nitrogens with one attached hydrogen (secondary N) is 1. The van der Waals surface area contributed by atoms with E-state index in [4.69, 9.17) is 28.5 Å². The lowest BCUT2D eigenvalue weighted by atomic mass is 10.2. The molecule has 0 aliphatic carbocycles. The highest BCUT2D eigenvalue weighted by Crippen LogP contribution is 2.31. The van der Waals surface area contributed by atoms with Crippen molar-refractivity contribution < 1.29 is 4.39 Å². The Hall–Kier alpha value is -1.70. The molecule has 0 saturated carbocycles. The average Bonchev–Trinajstić information content (AvgIpc) is 2.68. The second kappa shape index (κ2) is 5.52. The van der Waals surface area contributed by atoms with Gasteiger partial charge in [0, 0.05) is 19.8 Å². The normalized spacial score (nSPS) is 10.3. The number of nitrogens with zero attached hydrogens (tertiary/aromatic N) is 2. The van der Waals surface area contributed by atoms with Crippen LogP contribution in [-0.2, 0) is 13.6 Å². The summed E-state index contributed by atoms with van der Waals surface area (Å²) in [5.74, 6) is -0.480. The minimum Gasteiger partial charge on any atom is -0.378 e. The lowest BCUT2D eigenvalue weighted by Gasteiger charge is -2.09. The van der Waals surface area contributed by atoms with E-state index in [1.165, 1.54) is 12.1 Å². The summed E-state index contributed by atoms with van der Waals surface area (Å²) in [6, 6.07) is 6.23. The number of aromatic nitrogens is 1. The Morgan fingerprint density at radius 3 is 2.47 bits per heavy atom. The highest BCUT2D eigenvalue weighted by molar-refractivity contribution is 6.39. The van der Waals surface area contributed by atoms with E-state index in [2.05, 4.69) is 11.4 Å². The molecule has 0 radical (unpaired) electrons. The Morgan fingerprint density at radius 2 is 1.95 bits per heavy atom. The molecule has 0 atom stereocenters. The lowest BCUT2D eigenvalue weighted by Crippen LogP contribution is -2.00. The van der Waals surface area contributed by atoms with E-state index in [-0.39, 0.29) is 10.0 Å². The van der Waals surface area contributed by atoms with Gasteiger partial charge in [-0.25, -0.2) is 4.39 Å². The molecule has 1 aromatic carbocycles. The number of hydrogen-bond acceptors (Lipinski definition) is 2. The van der Waals surface area contributed by atoms with Gasteiger partial charge in [0.1, 0.15) is 17.6 Å². The third-order valence-corrected chi connectivity index (χ3v) is 3.25. The van der Waals surface area contributed by atoms with Crippen molar-refractivity contribution in [2.24, 2.45) is 7.05 Å². The van der Waals surface area contributed by atoms with Crippen LogP contribution in [0, 0.1) is 17.1 Å². The summed E-state index contributed by atoms with van der Waals surface area (Å²) < 4.78 is 14.8. The highest BCUT2D eigenvalue weighted by atomic mass is 35.5. The Labute approximate surface area is 120 Å². The second-order valence-electron chi connectivity index (χ2n) is 4.05. The van der Waals surface area contributed by atoms with Gasteiger partial charge in [-0.15, -0.1) is 0 Å². The van der Waals surface area contributed by atoms with Crippen LogP contribution in [0.1, 0.15) is 11.3 Å². The fourth-order valence-electron chi connectivity index (χ4n) is 1.74. The van der Waals surface area contributed by atoms with Crippen molar-refractivity contribution in [3.8, 4) is 6.07 Å². The van der Waals surface area contributed by atoms with Crippen LogP contribution >= 0.6 is 23.2 Å². The molecule has 1 N–H and O–H groups in total. The zero-order chi connectivity index (χ0) is 14.0. The first-order chi connectivity index (χ1) is 9.01. The SMILES string of the molecule is Cn1cc(CNc2c(Cl)cc(F)cc2Cl)cc1C#N. The Kier molecular flexibility index (Phi) is 3.98. The van der Waals surface area contributed by atoms with Crippen molar-refractivity contribution >= 4 is 28.9 Å². The zero-order valence-corrected chi connectivity index (χ0v) is 11.6. The number of hydrogen-bond donors (Lipinski definition) is 1. The van der Waals surface area contributed by atoms with Crippen molar-refractivity contribution in [1.29, 1.82) is 5.26 Å². The molecule has 19 heavy (non-hydrogen) atoms. The maximum Gasteiger partial charge on any atom is 0.126 e. The van der Waals surface area contributed by atoms with Gasteiger partial charge in [0.25, 0.3) is 0 Å². The van der Waals surface area contributed by atoms with Crippen LogP contribution in [0.3, 0.4) is 0 Å². The van der Waals surface area contributed by atoms with Crippen LogP contribution in [0.25, 0.3) is 0 Å². The third kappa shape index (κ3) is 3.01. The second-order valence-corrected chi connectivity index (χ2v) is 4.87. The first-order valence-electron chi connectivity index (χ1n) is 5.45. The van der Waals surface area contributed by atoms with Gasteiger partial charge < -0.3 is 9.88 Å². The topological polar surface area (TPSA) is 40.8 Å². The van der Waals surface area contributed by atoms with Gasteiger partial charge in [-0.1, -0.05) is 23.2 Å². The molecule has 6 heteroatoms.